The van der Waals surface area contributed by atoms with Crippen molar-refractivity contribution < 1.29 is 4.74 Å². The highest BCUT2D eigenvalue weighted by Gasteiger charge is 2.18. The van der Waals surface area contributed by atoms with Gasteiger partial charge in [0.15, 0.2) is 0 Å². The Balaban J connectivity index is 2.05. The molecule has 1 aliphatic rings. The van der Waals surface area contributed by atoms with Crippen LogP contribution in [0.5, 0.6) is 5.75 Å². The monoisotopic (exact) mass is 217 g/mol. The minimum absolute atomic E-state index is 0.217. The summed E-state index contributed by atoms with van der Waals surface area (Å²) in [5.74, 6) is 0.933. The molecule has 2 nitrogen and oxygen atoms in total. The molecule has 0 heterocycles. The van der Waals surface area contributed by atoms with Crippen molar-refractivity contribution in [2.24, 2.45) is 5.73 Å². The Morgan fingerprint density at radius 2 is 2.38 bits per heavy atom. The highest BCUT2D eigenvalue weighted by Crippen LogP contribution is 2.31. The number of fused-ring (bicyclic) bond motifs is 1. The van der Waals surface area contributed by atoms with Crippen LogP contribution in [-0.2, 0) is 6.42 Å². The Labute approximate surface area is 97.1 Å². The molecule has 1 aromatic carbocycles. The zero-order valence-electron chi connectivity index (χ0n) is 9.83. The lowest BCUT2D eigenvalue weighted by atomic mass is 10.1. The summed E-state index contributed by atoms with van der Waals surface area (Å²) in [5, 5.41) is 0. The molecule has 0 fully saturated rings. The lowest BCUT2D eigenvalue weighted by molar-refractivity contribution is 0.349. The number of rotatable bonds is 4. The van der Waals surface area contributed by atoms with E-state index in [2.05, 4.69) is 25.6 Å². The standard InChI is InChI=1S/C14H19NO/c1-3-10(2)9-16-12-5-6-13-11(8-12)4-7-14(13)15/h5-6,8,14H,2-4,7,9,15H2,1H3. The highest BCUT2D eigenvalue weighted by atomic mass is 16.5. The van der Waals surface area contributed by atoms with Gasteiger partial charge in [0.05, 0.1) is 0 Å². The van der Waals surface area contributed by atoms with Gasteiger partial charge in [-0.2, -0.15) is 0 Å². The molecule has 0 amide bonds. The number of hydrogen-bond acceptors (Lipinski definition) is 2. The summed E-state index contributed by atoms with van der Waals surface area (Å²) in [6.07, 6.45) is 3.10. The molecule has 1 atom stereocenters. The molecule has 0 aliphatic heterocycles. The molecule has 0 aromatic heterocycles. The fourth-order valence-corrected chi connectivity index (χ4v) is 2.00. The van der Waals surface area contributed by atoms with Gasteiger partial charge in [-0.05, 0) is 48.1 Å². The Bertz CT molecular complexity index is 398. The SMILES string of the molecule is C=C(CC)COc1ccc2c(c1)CCC2N. The van der Waals surface area contributed by atoms with Crippen LogP contribution in [0.1, 0.15) is 36.9 Å². The zero-order valence-corrected chi connectivity index (χ0v) is 9.83. The fourth-order valence-electron chi connectivity index (χ4n) is 2.00. The molecule has 0 spiro atoms. The predicted octanol–water partition coefficient (Wildman–Crippen LogP) is 2.98. The van der Waals surface area contributed by atoms with Crippen molar-refractivity contribution >= 4 is 0 Å². The van der Waals surface area contributed by atoms with Gasteiger partial charge in [0.2, 0.25) is 0 Å². The molecule has 0 bridgehead atoms. The van der Waals surface area contributed by atoms with Crippen molar-refractivity contribution in [3.8, 4) is 5.75 Å². The molecule has 1 aliphatic carbocycles. The molecule has 86 valence electrons. The van der Waals surface area contributed by atoms with Gasteiger partial charge in [-0.3, -0.25) is 0 Å². The molecule has 0 saturated heterocycles. The molecule has 2 N–H and O–H groups in total. The first-order chi connectivity index (χ1) is 7.70. The van der Waals surface area contributed by atoms with E-state index in [-0.39, 0.29) is 6.04 Å². The lowest BCUT2D eigenvalue weighted by Gasteiger charge is -2.09. The molecule has 2 rings (SSSR count). The zero-order chi connectivity index (χ0) is 11.5. The Morgan fingerprint density at radius 1 is 1.56 bits per heavy atom. The minimum Gasteiger partial charge on any atom is -0.489 e. The summed E-state index contributed by atoms with van der Waals surface area (Å²) in [5.41, 5.74) is 9.73. The number of aryl methyl sites for hydroxylation is 1. The van der Waals surface area contributed by atoms with Crippen molar-refractivity contribution in [2.75, 3.05) is 6.61 Å². The van der Waals surface area contributed by atoms with Crippen LogP contribution in [0.3, 0.4) is 0 Å². The van der Waals surface area contributed by atoms with E-state index in [0.29, 0.717) is 6.61 Å². The van der Waals surface area contributed by atoms with Crippen molar-refractivity contribution in [3.63, 3.8) is 0 Å². The summed E-state index contributed by atoms with van der Waals surface area (Å²) >= 11 is 0. The fraction of sp³-hybridized carbons (Fsp3) is 0.429. The van der Waals surface area contributed by atoms with E-state index in [9.17, 15) is 0 Å². The van der Waals surface area contributed by atoms with Crippen LogP contribution in [0.25, 0.3) is 0 Å². The second kappa shape index (κ2) is 4.71. The maximum atomic E-state index is 5.99. The van der Waals surface area contributed by atoms with E-state index in [0.717, 1.165) is 30.6 Å². The third-order valence-corrected chi connectivity index (χ3v) is 3.18. The van der Waals surface area contributed by atoms with Gasteiger partial charge in [-0.15, -0.1) is 0 Å². The van der Waals surface area contributed by atoms with E-state index in [1.807, 2.05) is 6.07 Å². The first kappa shape index (κ1) is 11.2. The van der Waals surface area contributed by atoms with E-state index in [1.165, 1.54) is 11.1 Å². The van der Waals surface area contributed by atoms with Crippen LogP contribution in [0.2, 0.25) is 0 Å². The molecular weight excluding hydrogens is 198 g/mol. The first-order valence-electron chi connectivity index (χ1n) is 5.88. The molecule has 16 heavy (non-hydrogen) atoms. The van der Waals surface area contributed by atoms with Crippen LogP contribution >= 0.6 is 0 Å². The topological polar surface area (TPSA) is 35.2 Å². The lowest BCUT2D eigenvalue weighted by Crippen LogP contribution is -2.05. The van der Waals surface area contributed by atoms with Crippen molar-refractivity contribution in [1.82, 2.24) is 0 Å². The molecule has 2 heteroatoms. The maximum absolute atomic E-state index is 5.99. The van der Waals surface area contributed by atoms with Crippen LogP contribution in [0.4, 0.5) is 0 Å². The summed E-state index contributed by atoms with van der Waals surface area (Å²) in [6.45, 7) is 6.63. The Morgan fingerprint density at radius 3 is 3.12 bits per heavy atom. The van der Waals surface area contributed by atoms with Crippen molar-refractivity contribution in [3.05, 3.63) is 41.5 Å². The van der Waals surface area contributed by atoms with Gasteiger partial charge in [-0.25, -0.2) is 0 Å². The minimum atomic E-state index is 0.217. The third-order valence-electron chi connectivity index (χ3n) is 3.18. The third kappa shape index (κ3) is 2.27. The van der Waals surface area contributed by atoms with Crippen LogP contribution in [0.15, 0.2) is 30.4 Å². The summed E-state index contributed by atoms with van der Waals surface area (Å²) in [7, 11) is 0. The van der Waals surface area contributed by atoms with Crippen molar-refractivity contribution in [2.45, 2.75) is 32.2 Å². The van der Waals surface area contributed by atoms with Crippen LogP contribution in [0, 0.1) is 0 Å². The highest BCUT2D eigenvalue weighted by molar-refractivity contribution is 5.40. The summed E-state index contributed by atoms with van der Waals surface area (Å²) in [4.78, 5) is 0. The predicted molar refractivity (Wildman–Crippen MR) is 66.6 cm³/mol. The van der Waals surface area contributed by atoms with Gasteiger partial charge in [0.25, 0.3) is 0 Å². The molecular formula is C14H19NO. The average Bonchev–Trinajstić information content (AvgIpc) is 2.67. The number of benzene rings is 1. The van der Waals surface area contributed by atoms with Crippen LogP contribution in [-0.4, -0.2) is 6.61 Å². The van der Waals surface area contributed by atoms with E-state index >= 15 is 0 Å². The Hall–Kier alpha value is -1.28. The molecule has 0 radical (unpaired) electrons. The van der Waals surface area contributed by atoms with Crippen LogP contribution < -0.4 is 10.5 Å². The smallest absolute Gasteiger partial charge is 0.120 e. The van der Waals surface area contributed by atoms with Gasteiger partial charge in [0.1, 0.15) is 12.4 Å². The first-order valence-corrected chi connectivity index (χ1v) is 5.88. The molecule has 0 saturated carbocycles. The Kier molecular flexibility index (Phi) is 3.30. The molecule has 1 aromatic rings. The van der Waals surface area contributed by atoms with Gasteiger partial charge < -0.3 is 10.5 Å². The summed E-state index contributed by atoms with van der Waals surface area (Å²) in [6, 6.07) is 6.43. The van der Waals surface area contributed by atoms with Gasteiger partial charge >= 0.3 is 0 Å². The molecule has 1 unspecified atom stereocenters. The maximum Gasteiger partial charge on any atom is 0.120 e. The van der Waals surface area contributed by atoms with Crippen molar-refractivity contribution in [1.29, 1.82) is 0 Å². The second-order valence-electron chi connectivity index (χ2n) is 4.40. The average molecular weight is 217 g/mol. The van der Waals surface area contributed by atoms with Gasteiger partial charge in [0, 0.05) is 6.04 Å². The van der Waals surface area contributed by atoms with E-state index in [1.54, 1.807) is 0 Å². The largest absolute Gasteiger partial charge is 0.489 e. The number of hydrogen-bond donors (Lipinski definition) is 1. The van der Waals surface area contributed by atoms with Gasteiger partial charge in [-0.1, -0.05) is 19.6 Å². The van der Waals surface area contributed by atoms with E-state index < -0.39 is 0 Å². The number of nitrogens with two attached hydrogens (primary N) is 1. The normalized spacial score (nSPS) is 18.2. The van der Waals surface area contributed by atoms with E-state index in [4.69, 9.17) is 10.5 Å². The quantitative estimate of drug-likeness (QED) is 0.787. The second-order valence-corrected chi connectivity index (χ2v) is 4.40. The summed E-state index contributed by atoms with van der Waals surface area (Å²) < 4.78 is 5.68. The number of ether oxygens (including phenoxy) is 1.